The van der Waals surface area contributed by atoms with E-state index >= 15 is 0 Å². The molecule has 0 spiro atoms. The summed E-state index contributed by atoms with van der Waals surface area (Å²) in [6, 6.07) is 8.95. The van der Waals surface area contributed by atoms with Crippen LogP contribution >= 0.6 is 0 Å². The Morgan fingerprint density at radius 1 is 1.12 bits per heavy atom. The first-order valence-corrected chi connectivity index (χ1v) is 8.83. The van der Waals surface area contributed by atoms with Gasteiger partial charge in [-0.2, -0.15) is 0 Å². The first kappa shape index (κ1) is 18.0. The minimum absolute atomic E-state index is 0.0113. The number of hydrogen-bond acceptors (Lipinski definition) is 4. The molecule has 2 aromatic carbocycles. The van der Waals surface area contributed by atoms with Crippen molar-refractivity contribution in [3.63, 3.8) is 0 Å². The second kappa shape index (κ2) is 7.06. The van der Waals surface area contributed by atoms with Crippen molar-refractivity contribution in [2.75, 3.05) is 17.1 Å². The van der Waals surface area contributed by atoms with Crippen LogP contribution < -0.4 is 10.0 Å². The number of carbonyl (C=O) groups excluding carboxylic acids is 1. The van der Waals surface area contributed by atoms with Crippen molar-refractivity contribution in [1.29, 1.82) is 0 Å². The lowest BCUT2D eigenvalue weighted by atomic mass is 10.1. The number of benzene rings is 2. The van der Waals surface area contributed by atoms with Gasteiger partial charge < -0.3 is 5.73 Å². The SMILES string of the molecule is CS(=O)(=O)N(Cc1ccc(C(=O)CN)cc1F)c1ccccc1F. The Morgan fingerprint density at radius 2 is 1.79 bits per heavy atom. The number of nitrogens with two attached hydrogens (primary N) is 1. The van der Waals surface area contributed by atoms with E-state index in [1.807, 2.05) is 0 Å². The molecule has 0 saturated heterocycles. The van der Waals surface area contributed by atoms with Crippen molar-refractivity contribution < 1.29 is 22.0 Å². The molecular weight excluding hydrogens is 338 g/mol. The Labute approximate surface area is 138 Å². The van der Waals surface area contributed by atoms with Gasteiger partial charge in [0.05, 0.1) is 25.0 Å². The molecule has 0 saturated carbocycles. The average molecular weight is 354 g/mol. The number of carbonyl (C=O) groups is 1. The molecule has 0 aliphatic heterocycles. The van der Waals surface area contributed by atoms with Crippen LogP contribution in [0.3, 0.4) is 0 Å². The van der Waals surface area contributed by atoms with E-state index in [4.69, 9.17) is 5.73 Å². The standard InChI is InChI=1S/C16H16F2N2O3S/c1-24(22,23)20(15-5-3-2-4-13(15)17)10-12-7-6-11(8-14(12)18)16(21)9-19/h2-8H,9-10,19H2,1H3. The zero-order valence-corrected chi connectivity index (χ0v) is 13.7. The third-order valence-corrected chi connectivity index (χ3v) is 4.52. The number of ketones is 1. The largest absolute Gasteiger partial charge is 0.324 e. The van der Waals surface area contributed by atoms with Crippen LogP contribution in [0, 0.1) is 11.6 Å². The Morgan fingerprint density at radius 3 is 2.33 bits per heavy atom. The molecule has 2 N–H and O–H groups in total. The van der Waals surface area contributed by atoms with Gasteiger partial charge in [-0.1, -0.05) is 24.3 Å². The quantitative estimate of drug-likeness (QED) is 0.806. The molecule has 0 aliphatic rings. The molecule has 0 bridgehead atoms. The normalized spacial score (nSPS) is 11.3. The molecule has 5 nitrogen and oxygen atoms in total. The van der Waals surface area contributed by atoms with Crippen LogP contribution in [0.2, 0.25) is 0 Å². The summed E-state index contributed by atoms with van der Waals surface area (Å²) >= 11 is 0. The maximum Gasteiger partial charge on any atom is 0.232 e. The molecule has 8 heteroatoms. The van der Waals surface area contributed by atoms with Gasteiger partial charge in [-0.15, -0.1) is 0 Å². The van der Waals surface area contributed by atoms with Crippen molar-refractivity contribution in [3.05, 3.63) is 65.2 Å². The van der Waals surface area contributed by atoms with Gasteiger partial charge in [0.15, 0.2) is 5.78 Å². The van der Waals surface area contributed by atoms with E-state index in [1.54, 1.807) is 0 Å². The second-order valence-corrected chi connectivity index (χ2v) is 7.06. The van der Waals surface area contributed by atoms with Gasteiger partial charge in [0.25, 0.3) is 0 Å². The molecule has 128 valence electrons. The van der Waals surface area contributed by atoms with Crippen molar-refractivity contribution in [3.8, 4) is 0 Å². The van der Waals surface area contributed by atoms with E-state index in [0.29, 0.717) is 0 Å². The van der Waals surface area contributed by atoms with E-state index < -0.39 is 34.0 Å². The van der Waals surface area contributed by atoms with Gasteiger partial charge in [0.1, 0.15) is 11.6 Å². The first-order valence-electron chi connectivity index (χ1n) is 6.98. The lowest BCUT2D eigenvalue weighted by Crippen LogP contribution is -2.30. The minimum Gasteiger partial charge on any atom is -0.324 e. The van der Waals surface area contributed by atoms with Gasteiger partial charge >= 0.3 is 0 Å². The highest BCUT2D eigenvalue weighted by Crippen LogP contribution is 2.24. The molecule has 24 heavy (non-hydrogen) atoms. The fourth-order valence-corrected chi connectivity index (χ4v) is 3.04. The van der Waals surface area contributed by atoms with Gasteiger partial charge in [0, 0.05) is 11.1 Å². The van der Waals surface area contributed by atoms with Crippen LogP contribution in [0.1, 0.15) is 15.9 Å². The molecular formula is C16H16F2N2O3S. The number of rotatable bonds is 6. The summed E-state index contributed by atoms with van der Waals surface area (Å²) in [5, 5.41) is 0. The number of anilines is 1. The highest BCUT2D eigenvalue weighted by Gasteiger charge is 2.22. The Hall–Kier alpha value is -2.32. The van der Waals surface area contributed by atoms with Crippen molar-refractivity contribution in [1.82, 2.24) is 0 Å². The summed E-state index contributed by atoms with van der Waals surface area (Å²) in [5.41, 5.74) is 5.15. The third kappa shape index (κ3) is 3.95. The summed E-state index contributed by atoms with van der Waals surface area (Å²) in [6.07, 6.45) is 0.906. The van der Waals surface area contributed by atoms with E-state index in [2.05, 4.69) is 0 Å². The van der Waals surface area contributed by atoms with Crippen LogP contribution in [0.15, 0.2) is 42.5 Å². The summed E-state index contributed by atoms with van der Waals surface area (Å²) in [7, 11) is -3.85. The third-order valence-electron chi connectivity index (χ3n) is 3.40. The van der Waals surface area contributed by atoms with E-state index in [0.717, 1.165) is 22.7 Å². The lowest BCUT2D eigenvalue weighted by molar-refractivity contribution is 0.100. The van der Waals surface area contributed by atoms with Crippen LogP contribution in [-0.4, -0.2) is 27.0 Å². The lowest BCUT2D eigenvalue weighted by Gasteiger charge is -2.23. The Balaban J connectivity index is 2.42. The Bertz CT molecular complexity index is 869. The van der Waals surface area contributed by atoms with Crippen molar-refractivity contribution >= 4 is 21.5 Å². The van der Waals surface area contributed by atoms with Crippen molar-refractivity contribution in [2.45, 2.75) is 6.54 Å². The molecule has 0 heterocycles. The molecule has 0 radical (unpaired) electrons. The monoisotopic (exact) mass is 354 g/mol. The van der Waals surface area contributed by atoms with Gasteiger partial charge in [0.2, 0.25) is 10.0 Å². The molecule has 0 atom stereocenters. The smallest absolute Gasteiger partial charge is 0.232 e. The predicted octanol–water partition coefficient (Wildman–Crippen LogP) is 2.07. The van der Waals surface area contributed by atoms with Crippen LogP contribution in [0.25, 0.3) is 0 Å². The second-order valence-electron chi connectivity index (χ2n) is 5.15. The van der Waals surface area contributed by atoms with Crippen LogP contribution in [-0.2, 0) is 16.6 Å². The molecule has 2 rings (SSSR count). The maximum absolute atomic E-state index is 14.2. The zero-order valence-electron chi connectivity index (χ0n) is 12.9. The van der Waals surface area contributed by atoms with Crippen molar-refractivity contribution in [2.24, 2.45) is 5.73 Å². The van der Waals surface area contributed by atoms with Gasteiger partial charge in [-0.25, -0.2) is 17.2 Å². The number of hydrogen-bond donors (Lipinski definition) is 1. The van der Waals surface area contributed by atoms with E-state index in [9.17, 15) is 22.0 Å². The highest BCUT2D eigenvalue weighted by molar-refractivity contribution is 7.92. The fraction of sp³-hybridized carbons (Fsp3) is 0.188. The maximum atomic E-state index is 14.2. The van der Waals surface area contributed by atoms with Gasteiger partial charge in [-0.3, -0.25) is 9.10 Å². The molecule has 0 fully saturated rings. The van der Waals surface area contributed by atoms with E-state index in [-0.39, 0.29) is 23.4 Å². The summed E-state index contributed by atoms with van der Waals surface area (Å²) in [4.78, 5) is 11.5. The predicted molar refractivity (Wildman–Crippen MR) is 87.2 cm³/mol. The molecule has 0 amide bonds. The average Bonchev–Trinajstić information content (AvgIpc) is 2.52. The molecule has 2 aromatic rings. The number of Topliss-reactive ketones (excluding diaryl/α,β-unsaturated/α-hetero) is 1. The number of halogens is 2. The van der Waals surface area contributed by atoms with Gasteiger partial charge in [-0.05, 0) is 18.2 Å². The summed E-state index contributed by atoms with van der Waals surface area (Å²) < 4.78 is 52.9. The molecule has 0 unspecified atom stereocenters. The van der Waals surface area contributed by atoms with E-state index in [1.165, 1.54) is 30.3 Å². The van der Waals surface area contributed by atoms with Crippen LogP contribution in [0.5, 0.6) is 0 Å². The van der Waals surface area contributed by atoms with Crippen LogP contribution in [0.4, 0.5) is 14.5 Å². The number of sulfonamides is 1. The zero-order chi connectivity index (χ0) is 17.9. The topological polar surface area (TPSA) is 80.5 Å². The Kier molecular flexibility index (Phi) is 5.30. The summed E-state index contributed by atoms with van der Waals surface area (Å²) in [5.74, 6) is -1.94. The minimum atomic E-state index is -3.85. The molecule has 0 aliphatic carbocycles. The summed E-state index contributed by atoms with van der Waals surface area (Å²) in [6.45, 7) is -0.661. The number of para-hydroxylation sites is 1. The fourth-order valence-electron chi connectivity index (χ4n) is 2.16. The number of nitrogens with zero attached hydrogens (tertiary/aromatic N) is 1. The first-order chi connectivity index (χ1) is 11.2. The molecule has 0 aromatic heterocycles. The highest BCUT2D eigenvalue weighted by atomic mass is 32.2.